The molecule has 6 nitrogen and oxygen atoms in total. The van der Waals surface area contributed by atoms with Crippen LogP contribution in [-0.2, 0) is 16.6 Å². The van der Waals surface area contributed by atoms with Crippen LogP contribution >= 0.6 is 15.9 Å². The summed E-state index contributed by atoms with van der Waals surface area (Å²) < 4.78 is 31.7. The van der Waals surface area contributed by atoms with Crippen molar-refractivity contribution in [3.05, 3.63) is 58.6 Å². The highest BCUT2D eigenvalue weighted by Crippen LogP contribution is 2.23. The highest BCUT2D eigenvalue weighted by atomic mass is 79.9. The lowest BCUT2D eigenvalue weighted by molar-refractivity contribution is 0.410. The van der Waals surface area contributed by atoms with Gasteiger partial charge in [0.1, 0.15) is 5.75 Å². The Morgan fingerprint density at radius 3 is 2.54 bits per heavy atom. The van der Waals surface area contributed by atoms with Crippen LogP contribution in [0.3, 0.4) is 0 Å². The van der Waals surface area contributed by atoms with Gasteiger partial charge < -0.3 is 10.1 Å². The Kier molecular flexibility index (Phi) is 6.22. The maximum Gasteiger partial charge on any atom is 0.232 e. The van der Waals surface area contributed by atoms with Crippen molar-refractivity contribution in [3.63, 3.8) is 0 Å². The molecular weight excluding hydrogens is 394 g/mol. The molecule has 0 aliphatic heterocycles. The molecule has 0 spiro atoms. The van der Waals surface area contributed by atoms with Gasteiger partial charge in [-0.3, -0.25) is 4.72 Å². The molecule has 0 radical (unpaired) electrons. The van der Waals surface area contributed by atoms with E-state index in [4.69, 9.17) is 4.74 Å². The van der Waals surface area contributed by atoms with E-state index in [1.54, 1.807) is 7.11 Å². The van der Waals surface area contributed by atoms with Crippen molar-refractivity contribution < 1.29 is 13.2 Å². The smallest absolute Gasteiger partial charge is 0.232 e. The van der Waals surface area contributed by atoms with Crippen molar-refractivity contribution in [1.82, 2.24) is 4.72 Å². The summed E-state index contributed by atoms with van der Waals surface area (Å²) in [5.74, 6) is 0.825. The van der Waals surface area contributed by atoms with Crippen LogP contribution in [0, 0.1) is 0 Å². The molecule has 0 fully saturated rings. The van der Waals surface area contributed by atoms with Gasteiger partial charge in [-0.15, -0.1) is 0 Å². The summed E-state index contributed by atoms with van der Waals surface area (Å²) in [5.41, 5.74) is 1.56. The van der Waals surface area contributed by atoms with Crippen LogP contribution in [0.15, 0.2) is 58.0 Å². The van der Waals surface area contributed by atoms with Gasteiger partial charge in [-0.05, 0) is 30.3 Å². The fourth-order valence-electron chi connectivity index (χ4n) is 1.97. The van der Waals surface area contributed by atoms with Crippen molar-refractivity contribution >= 4 is 37.6 Å². The molecule has 24 heavy (non-hydrogen) atoms. The lowest BCUT2D eigenvalue weighted by Crippen LogP contribution is -2.35. The zero-order chi connectivity index (χ0) is 17.6. The van der Waals surface area contributed by atoms with Crippen LogP contribution in [0.25, 0.3) is 0 Å². The van der Waals surface area contributed by atoms with E-state index in [1.807, 2.05) is 48.5 Å². The number of para-hydroxylation sites is 1. The molecule has 128 valence electrons. The molecule has 0 saturated heterocycles. The van der Waals surface area contributed by atoms with E-state index in [0.717, 1.165) is 22.0 Å². The molecule has 2 aromatic rings. The van der Waals surface area contributed by atoms with E-state index in [1.165, 1.54) is 0 Å². The summed E-state index contributed by atoms with van der Waals surface area (Å²) in [7, 11) is -1.88. The predicted molar refractivity (Wildman–Crippen MR) is 99.9 cm³/mol. The number of rotatable bonds is 5. The first-order chi connectivity index (χ1) is 11.4. The molecular formula is C16H18BrN3O3S. The molecule has 0 aliphatic carbocycles. The summed E-state index contributed by atoms with van der Waals surface area (Å²) in [6, 6.07) is 14.8. The number of ether oxygens (including phenoxy) is 1. The van der Waals surface area contributed by atoms with Gasteiger partial charge in [-0.25, -0.2) is 13.4 Å². The molecule has 0 atom stereocenters. The van der Waals surface area contributed by atoms with Crippen LogP contribution in [0.4, 0.5) is 5.69 Å². The molecule has 0 saturated carbocycles. The Morgan fingerprint density at radius 2 is 1.92 bits per heavy atom. The minimum atomic E-state index is -3.46. The first-order valence-corrected chi connectivity index (χ1v) is 9.72. The van der Waals surface area contributed by atoms with E-state index in [0.29, 0.717) is 5.75 Å². The van der Waals surface area contributed by atoms with E-state index in [9.17, 15) is 8.42 Å². The standard InChI is InChI=1S/C16H18BrN3O3S/c1-23-15-9-8-13(17)10-12(15)11-18-16(20-24(2,21)22)19-14-6-4-3-5-7-14/h3-10H,11H2,1-2H3,(H2,18,19,20). The third kappa shape index (κ3) is 5.86. The highest BCUT2D eigenvalue weighted by Gasteiger charge is 2.09. The lowest BCUT2D eigenvalue weighted by Gasteiger charge is -2.12. The van der Waals surface area contributed by atoms with Gasteiger partial charge in [-0.1, -0.05) is 34.1 Å². The van der Waals surface area contributed by atoms with Crippen molar-refractivity contribution in [3.8, 4) is 5.75 Å². The Bertz CT molecular complexity index is 824. The zero-order valence-corrected chi connectivity index (χ0v) is 15.7. The lowest BCUT2D eigenvalue weighted by atomic mass is 10.2. The van der Waals surface area contributed by atoms with Crippen molar-refractivity contribution in [1.29, 1.82) is 0 Å². The largest absolute Gasteiger partial charge is 0.496 e. The number of aliphatic imine (C=N–C) groups is 1. The number of anilines is 1. The highest BCUT2D eigenvalue weighted by molar-refractivity contribution is 9.10. The van der Waals surface area contributed by atoms with Crippen LogP contribution in [0.2, 0.25) is 0 Å². The summed E-state index contributed by atoms with van der Waals surface area (Å²) in [6.07, 6.45) is 1.08. The minimum absolute atomic E-state index is 0.144. The van der Waals surface area contributed by atoms with E-state index >= 15 is 0 Å². The third-order valence-corrected chi connectivity index (χ3v) is 4.03. The Morgan fingerprint density at radius 1 is 1.21 bits per heavy atom. The quantitative estimate of drug-likeness (QED) is 0.585. The molecule has 0 bridgehead atoms. The molecule has 8 heteroatoms. The number of nitrogens with zero attached hydrogens (tertiary/aromatic N) is 1. The topological polar surface area (TPSA) is 79.8 Å². The van der Waals surface area contributed by atoms with Gasteiger partial charge in [0.05, 0.1) is 19.9 Å². The van der Waals surface area contributed by atoms with Gasteiger partial charge in [0.25, 0.3) is 0 Å². The van der Waals surface area contributed by atoms with Crippen molar-refractivity contribution in [2.24, 2.45) is 4.99 Å². The van der Waals surface area contributed by atoms with Crippen LogP contribution in [0.1, 0.15) is 5.56 Å². The molecule has 0 unspecified atom stereocenters. The monoisotopic (exact) mass is 411 g/mol. The van der Waals surface area contributed by atoms with Gasteiger partial charge in [0.2, 0.25) is 16.0 Å². The van der Waals surface area contributed by atoms with Gasteiger partial charge >= 0.3 is 0 Å². The number of guanidine groups is 1. The molecule has 2 N–H and O–H groups in total. The number of hydrogen-bond acceptors (Lipinski definition) is 4. The first kappa shape index (κ1) is 18.3. The van der Waals surface area contributed by atoms with Crippen molar-refractivity contribution in [2.75, 3.05) is 18.7 Å². The molecule has 0 heterocycles. The molecule has 2 rings (SSSR count). The number of nitrogens with one attached hydrogen (secondary N) is 2. The number of methoxy groups -OCH3 is 1. The Hall–Kier alpha value is -2.06. The fourth-order valence-corrected chi connectivity index (χ4v) is 2.84. The molecule has 0 aliphatic rings. The summed E-state index contributed by atoms with van der Waals surface area (Å²) in [6.45, 7) is 0.250. The molecule has 2 aromatic carbocycles. The normalized spacial score (nSPS) is 11.9. The van der Waals surface area contributed by atoms with E-state index in [2.05, 4.69) is 31.0 Å². The minimum Gasteiger partial charge on any atom is -0.496 e. The summed E-state index contributed by atoms with van der Waals surface area (Å²) in [5, 5.41) is 2.97. The average molecular weight is 412 g/mol. The maximum absolute atomic E-state index is 11.6. The second kappa shape index (κ2) is 8.16. The van der Waals surface area contributed by atoms with Gasteiger partial charge in [0.15, 0.2) is 0 Å². The maximum atomic E-state index is 11.6. The van der Waals surface area contributed by atoms with Crippen LogP contribution in [0.5, 0.6) is 5.75 Å². The zero-order valence-electron chi connectivity index (χ0n) is 13.3. The van der Waals surface area contributed by atoms with E-state index in [-0.39, 0.29) is 12.5 Å². The van der Waals surface area contributed by atoms with Crippen molar-refractivity contribution in [2.45, 2.75) is 6.54 Å². The van der Waals surface area contributed by atoms with Crippen LogP contribution in [-0.4, -0.2) is 27.7 Å². The van der Waals surface area contributed by atoms with E-state index < -0.39 is 10.0 Å². The molecule has 0 aromatic heterocycles. The Labute approximate surface area is 150 Å². The predicted octanol–water partition coefficient (Wildman–Crippen LogP) is 2.98. The number of benzene rings is 2. The fraction of sp³-hybridized carbons (Fsp3) is 0.188. The Balaban J connectivity index is 2.26. The molecule has 0 amide bonds. The number of hydrogen-bond donors (Lipinski definition) is 2. The summed E-state index contributed by atoms with van der Waals surface area (Å²) in [4.78, 5) is 4.34. The summed E-state index contributed by atoms with van der Waals surface area (Å²) >= 11 is 3.40. The first-order valence-electron chi connectivity index (χ1n) is 7.04. The second-order valence-corrected chi connectivity index (χ2v) is 7.65. The van der Waals surface area contributed by atoms with Gasteiger partial charge in [0, 0.05) is 15.7 Å². The second-order valence-electron chi connectivity index (χ2n) is 4.99. The number of sulfonamides is 1. The van der Waals surface area contributed by atoms with Crippen LogP contribution < -0.4 is 14.8 Å². The third-order valence-electron chi connectivity index (χ3n) is 2.97. The average Bonchev–Trinajstić information content (AvgIpc) is 2.52. The van der Waals surface area contributed by atoms with Gasteiger partial charge in [-0.2, -0.15) is 0 Å². The SMILES string of the molecule is COc1ccc(Br)cc1CN=C(Nc1ccccc1)NS(C)(=O)=O. The number of halogens is 1.